The van der Waals surface area contributed by atoms with Crippen molar-refractivity contribution in [3.63, 3.8) is 0 Å². The lowest BCUT2D eigenvalue weighted by atomic mass is 9.99. The molecule has 2 heterocycles. The molecule has 0 spiro atoms. The summed E-state index contributed by atoms with van der Waals surface area (Å²) in [7, 11) is 4.05. The number of rotatable bonds is 2. The molecular formula is C16H18N2O. The first kappa shape index (κ1) is 12.2. The molecule has 0 bridgehead atoms. The second-order valence-corrected chi connectivity index (χ2v) is 5.08. The maximum atomic E-state index is 5.46. The van der Waals surface area contributed by atoms with Gasteiger partial charge in [-0.05, 0) is 35.7 Å². The normalized spacial score (nSPS) is 14.0. The molecule has 1 aliphatic rings. The number of nitrogens with zero attached hydrogens (tertiary/aromatic N) is 2. The number of ether oxygens (including phenoxy) is 1. The second kappa shape index (κ2) is 5.02. The van der Waals surface area contributed by atoms with Crippen LogP contribution in [0.25, 0.3) is 11.3 Å². The Hall–Kier alpha value is -1.87. The van der Waals surface area contributed by atoms with Crippen molar-refractivity contribution in [1.29, 1.82) is 0 Å². The van der Waals surface area contributed by atoms with Crippen LogP contribution in [0.2, 0.25) is 0 Å². The highest BCUT2D eigenvalue weighted by atomic mass is 16.5. The predicted octanol–water partition coefficient (Wildman–Crippen LogP) is 2.89. The number of anilines is 1. The zero-order valence-corrected chi connectivity index (χ0v) is 11.4. The molecule has 3 heteroatoms. The summed E-state index contributed by atoms with van der Waals surface area (Å²) in [4.78, 5) is 6.60. The van der Waals surface area contributed by atoms with Gasteiger partial charge in [0.15, 0.2) is 0 Å². The summed E-state index contributed by atoms with van der Waals surface area (Å²) in [5.74, 6) is 0. The van der Waals surface area contributed by atoms with Gasteiger partial charge in [0.05, 0.1) is 30.8 Å². The third-order valence-corrected chi connectivity index (χ3v) is 3.54. The zero-order chi connectivity index (χ0) is 13.2. The van der Waals surface area contributed by atoms with Crippen LogP contribution < -0.4 is 4.90 Å². The van der Waals surface area contributed by atoms with Gasteiger partial charge in [0.25, 0.3) is 0 Å². The Labute approximate surface area is 113 Å². The number of hydrogen-bond acceptors (Lipinski definition) is 3. The van der Waals surface area contributed by atoms with Gasteiger partial charge in [0, 0.05) is 19.7 Å². The Morgan fingerprint density at radius 3 is 2.74 bits per heavy atom. The number of aromatic nitrogens is 1. The highest BCUT2D eigenvalue weighted by molar-refractivity contribution is 5.63. The van der Waals surface area contributed by atoms with Crippen molar-refractivity contribution in [3.05, 3.63) is 47.7 Å². The maximum absolute atomic E-state index is 5.46. The Morgan fingerprint density at radius 1 is 1.11 bits per heavy atom. The van der Waals surface area contributed by atoms with Crippen LogP contribution in [-0.4, -0.2) is 25.7 Å². The van der Waals surface area contributed by atoms with Crippen molar-refractivity contribution < 1.29 is 4.74 Å². The first-order valence-corrected chi connectivity index (χ1v) is 6.57. The summed E-state index contributed by atoms with van der Waals surface area (Å²) >= 11 is 0. The second-order valence-electron chi connectivity index (χ2n) is 5.08. The minimum atomic E-state index is 0.739. The van der Waals surface area contributed by atoms with E-state index in [1.807, 2.05) is 20.3 Å². The Morgan fingerprint density at radius 2 is 2.00 bits per heavy atom. The maximum Gasteiger partial charge on any atom is 0.0719 e. The summed E-state index contributed by atoms with van der Waals surface area (Å²) < 4.78 is 5.46. The first-order chi connectivity index (χ1) is 9.24. The topological polar surface area (TPSA) is 25.4 Å². The van der Waals surface area contributed by atoms with Gasteiger partial charge in [-0.3, -0.25) is 4.98 Å². The van der Waals surface area contributed by atoms with Crippen LogP contribution in [0.1, 0.15) is 11.1 Å². The molecule has 0 unspecified atom stereocenters. The van der Waals surface area contributed by atoms with Crippen LogP contribution in [-0.2, 0) is 17.8 Å². The highest BCUT2D eigenvalue weighted by Gasteiger charge is 2.10. The number of pyridine rings is 1. The molecular weight excluding hydrogens is 236 g/mol. The SMILES string of the molecule is CN(C)c1ccc(-c2ccc3c(c2)CCOC3)nc1. The molecule has 98 valence electrons. The van der Waals surface area contributed by atoms with Crippen molar-refractivity contribution in [3.8, 4) is 11.3 Å². The molecule has 19 heavy (non-hydrogen) atoms. The molecule has 3 rings (SSSR count). The average Bonchev–Trinajstić information content (AvgIpc) is 2.47. The van der Waals surface area contributed by atoms with Gasteiger partial charge in [-0.25, -0.2) is 0 Å². The molecule has 1 aliphatic heterocycles. The van der Waals surface area contributed by atoms with Gasteiger partial charge >= 0.3 is 0 Å². The van der Waals surface area contributed by atoms with E-state index < -0.39 is 0 Å². The molecule has 3 nitrogen and oxygen atoms in total. The molecule has 0 saturated heterocycles. The summed E-state index contributed by atoms with van der Waals surface area (Å²) in [6.45, 7) is 1.56. The highest BCUT2D eigenvalue weighted by Crippen LogP contribution is 2.25. The third kappa shape index (κ3) is 2.47. The lowest BCUT2D eigenvalue weighted by molar-refractivity contribution is 0.111. The molecule has 0 N–H and O–H groups in total. The van der Waals surface area contributed by atoms with E-state index in [0.717, 1.165) is 31.0 Å². The fourth-order valence-electron chi connectivity index (χ4n) is 2.34. The fraction of sp³-hybridized carbons (Fsp3) is 0.312. The predicted molar refractivity (Wildman–Crippen MR) is 77.4 cm³/mol. The van der Waals surface area contributed by atoms with E-state index >= 15 is 0 Å². The molecule has 0 atom stereocenters. The Bertz CT molecular complexity index is 576. The smallest absolute Gasteiger partial charge is 0.0719 e. The van der Waals surface area contributed by atoms with Gasteiger partial charge in [-0.2, -0.15) is 0 Å². The largest absolute Gasteiger partial charge is 0.376 e. The van der Waals surface area contributed by atoms with Crippen molar-refractivity contribution in [1.82, 2.24) is 4.98 Å². The van der Waals surface area contributed by atoms with Crippen LogP contribution in [0, 0.1) is 0 Å². The zero-order valence-electron chi connectivity index (χ0n) is 11.4. The van der Waals surface area contributed by atoms with E-state index in [2.05, 4.69) is 40.2 Å². The molecule has 1 aromatic carbocycles. The Balaban J connectivity index is 1.93. The molecule has 0 fully saturated rings. The van der Waals surface area contributed by atoms with Gasteiger partial charge in [0.2, 0.25) is 0 Å². The molecule has 0 radical (unpaired) electrons. The van der Waals surface area contributed by atoms with E-state index in [4.69, 9.17) is 4.74 Å². The summed E-state index contributed by atoms with van der Waals surface area (Å²) in [6, 6.07) is 10.7. The first-order valence-electron chi connectivity index (χ1n) is 6.57. The van der Waals surface area contributed by atoms with Crippen molar-refractivity contribution in [2.45, 2.75) is 13.0 Å². The Kier molecular flexibility index (Phi) is 3.22. The van der Waals surface area contributed by atoms with Gasteiger partial charge in [0.1, 0.15) is 0 Å². The molecule has 0 saturated carbocycles. The van der Waals surface area contributed by atoms with E-state index in [-0.39, 0.29) is 0 Å². The quantitative estimate of drug-likeness (QED) is 0.824. The standard InChI is InChI=1S/C16H18N2O/c1-18(2)15-5-6-16(17-10-15)13-3-4-14-11-19-8-7-12(14)9-13/h3-6,9-10H,7-8,11H2,1-2H3. The van der Waals surface area contributed by atoms with Crippen LogP contribution in [0.5, 0.6) is 0 Å². The number of benzene rings is 1. The van der Waals surface area contributed by atoms with Crippen molar-refractivity contribution in [2.24, 2.45) is 0 Å². The number of hydrogen-bond donors (Lipinski definition) is 0. The van der Waals surface area contributed by atoms with Gasteiger partial charge in [-0.15, -0.1) is 0 Å². The van der Waals surface area contributed by atoms with E-state index in [9.17, 15) is 0 Å². The number of fused-ring (bicyclic) bond motifs is 1. The van der Waals surface area contributed by atoms with Crippen molar-refractivity contribution >= 4 is 5.69 Å². The van der Waals surface area contributed by atoms with Crippen LogP contribution in [0.3, 0.4) is 0 Å². The lowest BCUT2D eigenvalue weighted by Gasteiger charge is -2.17. The third-order valence-electron chi connectivity index (χ3n) is 3.54. The van der Waals surface area contributed by atoms with E-state index in [1.54, 1.807) is 0 Å². The fourth-order valence-corrected chi connectivity index (χ4v) is 2.34. The van der Waals surface area contributed by atoms with Gasteiger partial charge in [-0.1, -0.05) is 12.1 Å². The average molecular weight is 254 g/mol. The minimum absolute atomic E-state index is 0.739. The lowest BCUT2D eigenvalue weighted by Crippen LogP contribution is -2.10. The monoisotopic (exact) mass is 254 g/mol. The molecule has 0 aliphatic carbocycles. The van der Waals surface area contributed by atoms with E-state index in [1.165, 1.54) is 16.7 Å². The molecule has 2 aromatic rings. The molecule has 0 amide bonds. The molecule has 1 aromatic heterocycles. The van der Waals surface area contributed by atoms with Crippen LogP contribution in [0.4, 0.5) is 5.69 Å². The minimum Gasteiger partial charge on any atom is -0.376 e. The summed E-state index contributed by atoms with van der Waals surface area (Å²) in [5.41, 5.74) is 6.03. The van der Waals surface area contributed by atoms with Gasteiger partial charge < -0.3 is 9.64 Å². The summed E-state index contributed by atoms with van der Waals surface area (Å²) in [6.07, 6.45) is 2.91. The summed E-state index contributed by atoms with van der Waals surface area (Å²) in [5, 5.41) is 0. The van der Waals surface area contributed by atoms with Crippen LogP contribution >= 0.6 is 0 Å². The van der Waals surface area contributed by atoms with E-state index in [0.29, 0.717) is 0 Å². The van der Waals surface area contributed by atoms with Crippen molar-refractivity contribution in [2.75, 3.05) is 25.6 Å². The van der Waals surface area contributed by atoms with Crippen LogP contribution in [0.15, 0.2) is 36.5 Å².